The van der Waals surface area contributed by atoms with E-state index in [1.54, 1.807) is 20.8 Å². The van der Waals surface area contributed by atoms with Crippen molar-refractivity contribution in [3.63, 3.8) is 0 Å². The Labute approximate surface area is 112 Å². The van der Waals surface area contributed by atoms with Gasteiger partial charge in [0.1, 0.15) is 10.8 Å². The van der Waals surface area contributed by atoms with E-state index >= 15 is 0 Å². The highest BCUT2D eigenvalue weighted by molar-refractivity contribution is 7.90. The van der Waals surface area contributed by atoms with Crippen molar-refractivity contribution in [3.8, 4) is 0 Å². The van der Waals surface area contributed by atoms with Crippen LogP contribution in [0.15, 0.2) is 18.2 Å². The van der Waals surface area contributed by atoms with Crippen LogP contribution in [0, 0.1) is 11.6 Å². The van der Waals surface area contributed by atoms with Crippen LogP contribution < -0.4 is 4.72 Å². The molecule has 1 aromatic carbocycles. The number of hydrogen-bond acceptors (Lipinski definition) is 2. The van der Waals surface area contributed by atoms with Crippen LogP contribution in [0.25, 0.3) is 0 Å². The Hall–Kier alpha value is -0.790. The molecule has 1 N–H and O–H groups in total. The third-order valence-electron chi connectivity index (χ3n) is 2.36. The van der Waals surface area contributed by atoms with Gasteiger partial charge in [-0.3, -0.25) is 0 Å². The molecule has 2 atom stereocenters. The van der Waals surface area contributed by atoms with Crippen molar-refractivity contribution in [1.29, 1.82) is 0 Å². The van der Waals surface area contributed by atoms with Crippen molar-refractivity contribution < 1.29 is 22.1 Å². The van der Waals surface area contributed by atoms with E-state index in [9.17, 15) is 22.1 Å². The zero-order chi connectivity index (χ0) is 14.8. The highest BCUT2D eigenvalue weighted by Gasteiger charge is 2.35. The molecule has 0 aliphatic heterocycles. The molecule has 108 valence electrons. The normalized spacial score (nSPS) is 15.6. The molecule has 0 amide bonds. The Bertz CT molecular complexity index is 436. The lowest BCUT2D eigenvalue weighted by atomic mass is 10.1. The second-order valence-electron chi connectivity index (χ2n) is 4.95. The Balaban J connectivity index is 3.05. The number of hydrogen-bond donors (Lipinski definition) is 1. The van der Waals surface area contributed by atoms with E-state index in [-0.39, 0.29) is 0 Å². The molecule has 0 saturated heterocycles. The molecule has 0 spiro atoms. The molecule has 19 heavy (non-hydrogen) atoms. The van der Waals surface area contributed by atoms with Crippen molar-refractivity contribution in [2.75, 3.05) is 0 Å². The zero-order valence-electron chi connectivity index (χ0n) is 10.7. The van der Waals surface area contributed by atoms with Gasteiger partial charge in [0.05, 0.1) is 0 Å². The molecule has 0 fully saturated rings. The zero-order valence-corrected chi connectivity index (χ0v) is 11.5. The third-order valence-corrected chi connectivity index (χ3v) is 3.94. The average Bonchev–Trinajstić information content (AvgIpc) is 2.28. The molecular formula is C12H15F4NOS. The van der Waals surface area contributed by atoms with Crippen LogP contribution in [0.3, 0.4) is 0 Å². The van der Waals surface area contributed by atoms with Gasteiger partial charge in [-0.25, -0.2) is 17.6 Å². The number of halogens is 4. The predicted molar refractivity (Wildman–Crippen MR) is 66.1 cm³/mol. The Morgan fingerprint density at radius 3 is 2.26 bits per heavy atom. The minimum Gasteiger partial charge on any atom is -0.598 e. The van der Waals surface area contributed by atoms with Gasteiger partial charge in [-0.1, -0.05) is 12.1 Å². The molecule has 2 nitrogen and oxygen atoms in total. The quantitative estimate of drug-likeness (QED) is 0.683. The lowest BCUT2D eigenvalue weighted by Gasteiger charge is -2.27. The van der Waals surface area contributed by atoms with Gasteiger partial charge in [0.15, 0.2) is 11.6 Å². The fourth-order valence-electron chi connectivity index (χ4n) is 1.30. The fourth-order valence-corrected chi connectivity index (χ4v) is 2.12. The molecule has 7 heteroatoms. The van der Waals surface area contributed by atoms with Gasteiger partial charge in [0, 0.05) is 16.9 Å². The Morgan fingerprint density at radius 1 is 1.21 bits per heavy atom. The molecule has 0 radical (unpaired) electrons. The van der Waals surface area contributed by atoms with Crippen LogP contribution in [0.5, 0.6) is 0 Å². The average molecular weight is 297 g/mol. The van der Waals surface area contributed by atoms with E-state index in [1.807, 2.05) is 0 Å². The minimum atomic E-state index is -3.01. The smallest absolute Gasteiger partial charge is 0.262 e. The lowest BCUT2D eigenvalue weighted by molar-refractivity contribution is 0.106. The maximum absolute atomic E-state index is 13.5. The van der Waals surface area contributed by atoms with Crippen molar-refractivity contribution in [2.45, 2.75) is 38.0 Å². The maximum Gasteiger partial charge on any atom is 0.262 e. The van der Waals surface area contributed by atoms with E-state index in [4.69, 9.17) is 0 Å². The summed E-state index contributed by atoms with van der Waals surface area (Å²) < 4.78 is 65.6. The summed E-state index contributed by atoms with van der Waals surface area (Å²) in [5.74, 6) is -2.57. The fraction of sp³-hybridized carbons (Fsp3) is 0.500. The van der Waals surface area contributed by atoms with E-state index in [2.05, 4.69) is 4.72 Å². The maximum atomic E-state index is 13.5. The summed E-state index contributed by atoms with van der Waals surface area (Å²) in [5, 5.41) is 0. The van der Waals surface area contributed by atoms with Crippen molar-refractivity contribution in [2.24, 2.45) is 0 Å². The Morgan fingerprint density at radius 2 is 1.79 bits per heavy atom. The summed E-state index contributed by atoms with van der Waals surface area (Å²) in [5.41, 5.74) is -0.535. The van der Waals surface area contributed by atoms with E-state index in [1.165, 1.54) is 0 Å². The summed E-state index contributed by atoms with van der Waals surface area (Å²) in [6, 6.07) is 1.19. The van der Waals surface area contributed by atoms with Crippen LogP contribution in [0.4, 0.5) is 17.6 Å². The van der Waals surface area contributed by atoms with Gasteiger partial charge in [-0.15, -0.1) is 4.72 Å². The Kier molecular flexibility index (Phi) is 5.23. The van der Waals surface area contributed by atoms with Crippen LogP contribution in [-0.4, -0.2) is 15.7 Å². The first-order valence-corrected chi connectivity index (χ1v) is 6.69. The summed E-state index contributed by atoms with van der Waals surface area (Å²) in [7, 11) is 0. The molecule has 0 bridgehead atoms. The lowest BCUT2D eigenvalue weighted by Crippen LogP contribution is -2.43. The molecular weight excluding hydrogens is 282 g/mol. The first-order chi connectivity index (χ1) is 8.64. The number of rotatable bonds is 4. The molecule has 0 heterocycles. The van der Waals surface area contributed by atoms with E-state index in [0.29, 0.717) is 0 Å². The van der Waals surface area contributed by atoms with Gasteiger partial charge in [0.2, 0.25) is 0 Å². The standard InChI is InChI=1S/C12H15F4NOS/c1-12(2,3)19(18)17-10(11(15)16)7-5-4-6-8(13)9(7)14/h4-6,10-11,17H,1-3H3. The first-order valence-electron chi connectivity index (χ1n) is 5.54. The van der Waals surface area contributed by atoms with E-state index in [0.717, 1.165) is 18.2 Å². The number of alkyl halides is 2. The van der Waals surface area contributed by atoms with Gasteiger partial charge >= 0.3 is 0 Å². The predicted octanol–water partition coefficient (Wildman–Crippen LogP) is 3.32. The van der Waals surface area contributed by atoms with Crippen molar-refractivity contribution >= 4 is 11.4 Å². The SMILES string of the molecule is CC(C)(C)[S+]([O-])NC(c1cccc(F)c1F)C(F)F. The monoisotopic (exact) mass is 297 g/mol. The van der Waals surface area contributed by atoms with Crippen molar-refractivity contribution in [3.05, 3.63) is 35.4 Å². The summed E-state index contributed by atoms with van der Waals surface area (Å²) in [4.78, 5) is 0. The molecule has 1 aromatic rings. The highest BCUT2D eigenvalue weighted by atomic mass is 32.2. The van der Waals surface area contributed by atoms with Gasteiger partial charge in [0.25, 0.3) is 6.43 Å². The van der Waals surface area contributed by atoms with Gasteiger partial charge < -0.3 is 4.55 Å². The molecule has 0 aliphatic rings. The summed E-state index contributed by atoms with van der Waals surface area (Å²) in [6.45, 7) is 4.75. The highest BCUT2D eigenvalue weighted by Crippen LogP contribution is 2.27. The second kappa shape index (κ2) is 6.11. The summed E-state index contributed by atoms with van der Waals surface area (Å²) in [6.07, 6.45) is -3.01. The van der Waals surface area contributed by atoms with Crippen LogP contribution in [-0.2, 0) is 11.4 Å². The first kappa shape index (κ1) is 16.3. The molecule has 0 aliphatic carbocycles. The molecule has 1 rings (SSSR count). The van der Waals surface area contributed by atoms with Gasteiger partial charge in [-0.2, -0.15) is 0 Å². The largest absolute Gasteiger partial charge is 0.598 e. The third kappa shape index (κ3) is 4.09. The molecule has 0 aromatic heterocycles. The van der Waals surface area contributed by atoms with Gasteiger partial charge in [-0.05, 0) is 26.8 Å². The minimum absolute atomic E-state index is 0.535. The number of nitrogens with one attached hydrogen (secondary N) is 1. The number of benzene rings is 1. The molecule has 0 saturated carbocycles. The molecule has 2 unspecified atom stereocenters. The van der Waals surface area contributed by atoms with Crippen LogP contribution >= 0.6 is 0 Å². The second-order valence-corrected chi connectivity index (χ2v) is 6.95. The van der Waals surface area contributed by atoms with Crippen LogP contribution in [0.2, 0.25) is 0 Å². The topological polar surface area (TPSA) is 35.1 Å². The summed E-state index contributed by atoms with van der Waals surface area (Å²) >= 11 is -1.82. The van der Waals surface area contributed by atoms with Crippen LogP contribution in [0.1, 0.15) is 32.4 Å². The van der Waals surface area contributed by atoms with Crippen molar-refractivity contribution in [1.82, 2.24) is 4.72 Å². The van der Waals surface area contributed by atoms with E-state index < -0.39 is 45.8 Å².